The van der Waals surface area contributed by atoms with Gasteiger partial charge in [-0.05, 0) is 60.1 Å². The number of benzene rings is 2. The molecule has 2 aliphatic rings. The van der Waals surface area contributed by atoms with Crippen LogP contribution < -0.4 is 4.74 Å². The third-order valence-electron chi connectivity index (χ3n) is 5.88. The summed E-state index contributed by atoms with van der Waals surface area (Å²) in [4.78, 5) is 24.9. The third kappa shape index (κ3) is 3.88. The van der Waals surface area contributed by atoms with E-state index in [0.29, 0.717) is 18.1 Å². The first-order valence-electron chi connectivity index (χ1n) is 9.75. The number of methoxy groups -OCH3 is 1. The number of hydrogen-bond acceptors (Lipinski definition) is 4. The van der Waals surface area contributed by atoms with Gasteiger partial charge in [0.25, 0.3) is 0 Å². The number of halogens is 2. The maximum absolute atomic E-state index is 14.1. The molecule has 1 saturated carbocycles. The summed E-state index contributed by atoms with van der Waals surface area (Å²) in [5, 5.41) is 0.241. The molecule has 29 heavy (non-hydrogen) atoms. The topological polar surface area (TPSA) is 52.6 Å². The lowest BCUT2D eigenvalue weighted by atomic mass is 9.83. The largest absolute Gasteiger partial charge is 0.482 e. The van der Waals surface area contributed by atoms with E-state index in [9.17, 15) is 14.0 Å². The van der Waals surface area contributed by atoms with E-state index in [1.807, 2.05) is 25.1 Å². The van der Waals surface area contributed by atoms with Gasteiger partial charge in [-0.2, -0.15) is 0 Å². The van der Waals surface area contributed by atoms with E-state index in [4.69, 9.17) is 21.1 Å². The first kappa shape index (κ1) is 19.9. The SMILES string of the molecule is COC(=O)[C@H](C)[C@H](c1ccc2c(c1)O[C@@H](C(=O)c1ccc(Cl)cc1F)C2)C1CC1. The van der Waals surface area contributed by atoms with E-state index in [2.05, 4.69) is 0 Å². The lowest BCUT2D eigenvalue weighted by Gasteiger charge is -2.23. The van der Waals surface area contributed by atoms with E-state index < -0.39 is 17.7 Å². The Morgan fingerprint density at radius 2 is 1.97 bits per heavy atom. The Kier molecular flexibility index (Phi) is 5.34. The number of carbonyl (C=O) groups excluding carboxylic acids is 2. The van der Waals surface area contributed by atoms with Crippen LogP contribution in [0.25, 0.3) is 0 Å². The number of fused-ring (bicyclic) bond motifs is 1. The second kappa shape index (κ2) is 7.79. The fraction of sp³-hybridized carbons (Fsp3) is 0.391. The maximum atomic E-state index is 14.1. The predicted octanol–water partition coefficient (Wildman–Crippen LogP) is 4.97. The number of esters is 1. The summed E-state index contributed by atoms with van der Waals surface area (Å²) in [6.45, 7) is 1.89. The van der Waals surface area contributed by atoms with Gasteiger partial charge in [0.2, 0.25) is 5.78 Å². The van der Waals surface area contributed by atoms with Crippen molar-refractivity contribution in [3.8, 4) is 5.75 Å². The standard InChI is InChI=1S/C23H22ClFO4/c1-12(23(27)28-2)21(13-3-4-13)15-6-5-14-9-20(29-19(14)10-15)22(26)17-8-7-16(24)11-18(17)25/h5-8,10-13,20-21H,3-4,9H2,1-2H3/t12-,20-,21+/m1/s1. The molecule has 1 fully saturated rings. The van der Waals surface area contributed by atoms with Crippen molar-refractivity contribution >= 4 is 23.4 Å². The number of rotatable bonds is 6. The van der Waals surface area contributed by atoms with Crippen LogP contribution in [0.15, 0.2) is 36.4 Å². The van der Waals surface area contributed by atoms with Crippen LogP contribution in [0.4, 0.5) is 4.39 Å². The zero-order valence-electron chi connectivity index (χ0n) is 16.3. The molecule has 0 amide bonds. The van der Waals surface area contributed by atoms with Gasteiger partial charge >= 0.3 is 5.97 Å². The fourth-order valence-corrected chi connectivity index (χ4v) is 4.38. The Bertz CT molecular complexity index is 969. The highest BCUT2D eigenvalue weighted by Crippen LogP contribution is 2.48. The van der Waals surface area contributed by atoms with Gasteiger partial charge in [0.1, 0.15) is 11.6 Å². The van der Waals surface area contributed by atoms with Crippen molar-refractivity contribution in [1.82, 2.24) is 0 Å². The van der Waals surface area contributed by atoms with Crippen LogP contribution in [0.1, 0.15) is 47.2 Å². The van der Waals surface area contributed by atoms with Crippen LogP contribution in [0.2, 0.25) is 5.02 Å². The summed E-state index contributed by atoms with van der Waals surface area (Å²) in [6.07, 6.45) is 1.78. The van der Waals surface area contributed by atoms with Crippen LogP contribution in [-0.2, 0) is 16.0 Å². The van der Waals surface area contributed by atoms with Crippen molar-refractivity contribution in [2.45, 2.75) is 38.2 Å². The van der Waals surface area contributed by atoms with Crippen LogP contribution in [0, 0.1) is 17.7 Å². The molecule has 0 saturated heterocycles. The predicted molar refractivity (Wildman–Crippen MR) is 107 cm³/mol. The molecule has 0 radical (unpaired) electrons. The van der Waals surface area contributed by atoms with Crippen LogP contribution in [0.3, 0.4) is 0 Å². The van der Waals surface area contributed by atoms with Gasteiger partial charge < -0.3 is 9.47 Å². The van der Waals surface area contributed by atoms with E-state index in [-0.39, 0.29) is 28.4 Å². The molecule has 3 atom stereocenters. The molecular weight excluding hydrogens is 395 g/mol. The molecular formula is C23H22ClFO4. The Morgan fingerprint density at radius 3 is 2.62 bits per heavy atom. The number of carbonyl (C=O) groups is 2. The van der Waals surface area contributed by atoms with Gasteiger partial charge in [-0.1, -0.05) is 30.7 Å². The van der Waals surface area contributed by atoms with Crippen molar-refractivity contribution in [3.05, 3.63) is 63.9 Å². The van der Waals surface area contributed by atoms with Gasteiger partial charge in [0.15, 0.2) is 6.10 Å². The summed E-state index contributed by atoms with van der Waals surface area (Å²) in [7, 11) is 1.40. The Labute approximate surface area is 174 Å². The summed E-state index contributed by atoms with van der Waals surface area (Å²) >= 11 is 5.77. The van der Waals surface area contributed by atoms with Crippen molar-refractivity contribution in [1.29, 1.82) is 0 Å². The smallest absolute Gasteiger partial charge is 0.309 e. The maximum Gasteiger partial charge on any atom is 0.309 e. The monoisotopic (exact) mass is 416 g/mol. The second-order valence-corrected chi connectivity index (χ2v) is 8.28. The lowest BCUT2D eigenvalue weighted by molar-refractivity contribution is -0.145. The molecule has 4 nitrogen and oxygen atoms in total. The number of ether oxygens (including phenoxy) is 2. The zero-order chi connectivity index (χ0) is 20.7. The number of Topliss-reactive ketones (excluding diaryl/α,β-unsaturated/α-hetero) is 1. The minimum absolute atomic E-state index is 0.0254. The van der Waals surface area contributed by atoms with Crippen LogP contribution in [0.5, 0.6) is 5.75 Å². The molecule has 2 aromatic rings. The lowest BCUT2D eigenvalue weighted by Crippen LogP contribution is -2.26. The molecule has 4 rings (SSSR count). The van der Waals surface area contributed by atoms with Crippen molar-refractivity contribution in [2.24, 2.45) is 11.8 Å². The Morgan fingerprint density at radius 1 is 1.21 bits per heavy atom. The fourth-order valence-electron chi connectivity index (χ4n) is 4.22. The minimum Gasteiger partial charge on any atom is -0.482 e. The molecule has 6 heteroatoms. The highest BCUT2D eigenvalue weighted by atomic mass is 35.5. The normalized spacial score (nSPS) is 19.8. The summed E-state index contributed by atoms with van der Waals surface area (Å²) in [5.41, 5.74) is 1.89. The molecule has 0 bridgehead atoms. The molecule has 0 aromatic heterocycles. The van der Waals surface area contributed by atoms with Gasteiger partial charge in [-0.15, -0.1) is 0 Å². The minimum atomic E-state index is -0.770. The molecule has 0 unspecified atom stereocenters. The molecule has 0 spiro atoms. The first-order valence-corrected chi connectivity index (χ1v) is 10.1. The van der Waals surface area contributed by atoms with Crippen LogP contribution in [-0.4, -0.2) is 25.0 Å². The average Bonchev–Trinajstić information content (AvgIpc) is 3.44. The third-order valence-corrected chi connectivity index (χ3v) is 6.12. The molecule has 152 valence electrons. The second-order valence-electron chi connectivity index (χ2n) is 7.84. The van der Waals surface area contributed by atoms with Gasteiger partial charge in [0.05, 0.1) is 18.6 Å². The number of ketones is 1. The van der Waals surface area contributed by atoms with Crippen LogP contribution >= 0.6 is 11.6 Å². The average molecular weight is 417 g/mol. The summed E-state index contributed by atoms with van der Waals surface area (Å²) in [6, 6.07) is 9.87. The molecule has 2 aromatic carbocycles. The van der Waals surface area contributed by atoms with E-state index in [1.54, 1.807) is 0 Å². The highest BCUT2D eigenvalue weighted by molar-refractivity contribution is 6.30. The van der Waals surface area contributed by atoms with Gasteiger partial charge in [-0.25, -0.2) is 4.39 Å². The Balaban J connectivity index is 1.56. The first-order chi connectivity index (χ1) is 13.9. The molecule has 0 N–H and O–H groups in total. The number of hydrogen-bond donors (Lipinski definition) is 0. The van der Waals surface area contributed by atoms with E-state index >= 15 is 0 Å². The van der Waals surface area contributed by atoms with E-state index in [0.717, 1.165) is 30.0 Å². The Hall–Kier alpha value is -2.40. The summed E-state index contributed by atoms with van der Waals surface area (Å²) < 4.78 is 25.0. The summed E-state index contributed by atoms with van der Waals surface area (Å²) in [5.74, 6) is -0.411. The van der Waals surface area contributed by atoms with Crippen molar-refractivity contribution in [3.63, 3.8) is 0 Å². The van der Waals surface area contributed by atoms with Gasteiger partial charge in [-0.3, -0.25) is 9.59 Å². The van der Waals surface area contributed by atoms with Gasteiger partial charge in [0, 0.05) is 11.4 Å². The molecule has 1 heterocycles. The highest BCUT2D eigenvalue weighted by Gasteiger charge is 2.40. The zero-order valence-corrected chi connectivity index (χ0v) is 17.0. The quantitative estimate of drug-likeness (QED) is 0.493. The van der Waals surface area contributed by atoms with Crippen molar-refractivity contribution in [2.75, 3.05) is 7.11 Å². The van der Waals surface area contributed by atoms with Crippen molar-refractivity contribution < 1.29 is 23.5 Å². The molecule has 1 aliphatic carbocycles. The van der Waals surface area contributed by atoms with E-state index in [1.165, 1.54) is 19.2 Å². The molecule has 1 aliphatic heterocycles.